The van der Waals surface area contributed by atoms with Gasteiger partial charge in [-0.05, 0) is 12.1 Å². The third-order valence-corrected chi connectivity index (χ3v) is 2.16. The van der Waals surface area contributed by atoms with E-state index in [0.29, 0.717) is 6.54 Å². The van der Waals surface area contributed by atoms with Crippen molar-refractivity contribution in [1.29, 1.82) is 0 Å². The van der Waals surface area contributed by atoms with Crippen LogP contribution in [0.2, 0.25) is 0 Å². The van der Waals surface area contributed by atoms with Crippen molar-refractivity contribution in [2.75, 3.05) is 18.0 Å². The molecule has 1 aliphatic heterocycles. The minimum absolute atomic E-state index is 0.237. The van der Waals surface area contributed by atoms with Gasteiger partial charge in [0, 0.05) is 13.1 Å². The number of rotatable bonds is 1. The summed E-state index contributed by atoms with van der Waals surface area (Å²) in [5.41, 5.74) is -0.246. The fraction of sp³-hybridized carbons (Fsp3) is 0.222. The molecule has 15 heavy (non-hydrogen) atoms. The molecule has 0 unspecified atom stereocenters. The minimum atomic E-state index is -1.56. The Kier molecular flexibility index (Phi) is 2.26. The zero-order valence-corrected chi connectivity index (χ0v) is 7.56. The quantitative estimate of drug-likeness (QED) is 0.711. The Balaban J connectivity index is 2.45. The summed E-state index contributed by atoms with van der Waals surface area (Å²) in [6.45, 7) is 0.595. The van der Waals surface area contributed by atoms with Gasteiger partial charge in [-0.15, -0.1) is 0 Å². The lowest BCUT2D eigenvalue weighted by atomic mass is 10.2. The lowest BCUT2D eigenvalue weighted by Gasteiger charge is -2.15. The highest BCUT2D eigenvalue weighted by Crippen LogP contribution is 2.24. The molecule has 0 atom stereocenters. The molecular weight excluding hydrogens is 209 g/mol. The first-order valence-corrected chi connectivity index (χ1v) is 4.30. The molecule has 1 fully saturated rings. The van der Waals surface area contributed by atoms with Crippen LogP contribution in [-0.2, 0) is 0 Å². The summed E-state index contributed by atoms with van der Waals surface area (Å²) in [7, 11) is 0. The Morgan fingerprint density at radius 2 is 1.93 bits per heavy atom. The van der Waals surface area contributed by atoms with Crippen LogP contribution in [0.15, 0.2) is 12.1 Å². The SMILES string of the molecule is O=C1NCCN1c1ccc(F)c(F)c1F. The Hall–Kier alpha value is -1.72. The van der Waals surface area contributed by atoms with Gasteiger partial charge in [0.1, 0.15) is 0 Å². The van der Waals surface area contributed by atoms with Crippen LogP contribution in [0.4, 0.5) is 23.7 Å². The van der Waals surface area contributed by atoms with E-state index < -0.39 is 23.5 Å². The largest absolute Gasteiger partial charge is 0.336 e. The topological polar surface area (TPSA) is 32.3 Å². The Bertz CT molecular complexity index is 422. The standard InChI is InChI=1S/C9H7F3N2O/c10-5-1-2-6(8(12)7(5)11)14-4-3-13-9(14)15/h1-2H,3-4H2,(H,13,15). The van der Waals surface area contributed by atoms with Crippen molar-refractivity contribution in [3.8, 4) is 0 Å². The first-order valence-electron chi connectivity index (χ1n) is 4.30. The van der Waals surface area contributed by atoms with E-state index in [9.17, 15) is 18.0 Å². The number of urea groups is 1. The number of hydrogen-bond donors (Lipinski definition) is 1. The Labute approximate surface area is 83.5 Å². The van der Waals surface area contributed by atoms with Gasteiger partial charge in [-0.25, -0.2) is 18.0 Å². The van der Waals surface area contributed by atoms with Crippen LogP contribution in [0.5, 0.6) is 0 Å². The lowest BCUT2D eigenvalue weighted by molar-refractivity contribution is 0.252. The maximum atomic E-state index is 13.3. The van der Waals surface area contributed by atoms with Crippen LogP contribution in [0.25, 0.3) is 0 Å². The zero-order valence-electron chi connectivity index (χ0n) is 7.56. The number of carbonyl (C=O) groups excluding carboxylic acids is 1. The second-order valence-electron chi connectivity index (χ2n) is 3.08. The maximum absolute atomic E-state index is 13.3. The van der Waals surface area contributed by atoms with Gasteiger partial charge in [0.2, 0.25) is 0 Å². The van der Waals surface area contributed by atoms with Crippen molar-refractivity contribution >= 4 is 11.7 Å². The van der Waals surface area contributed by atoms with Crippen LogP contribution in [-0.4, -0.2) is 19.1 Å². The van der Waals surface area contributed by atoms with Gasteiger partial charge in [0.25, 0.3) is 0 Å². The smallest absolute Gasteiger partial charge is 0.322 e. The Morgan fingerprint density at radius 3 is 2.53 bits per heavy atom. The number of benzene rings is 1. The average Bonchev–Trinajstić information content (AvgIpc) is 2.62. The molecule has 0 spiro atoms. The number of hydrogen-bond acceptors (Lipinski definition) is 1. The van der Waals surface area contributed by atoms with Gasteiger partial charge in [-0.2, -0.15) is 0 Å². The van der Waals surface area contributed by atoms with E-state index in [1.54, 1.807) is 0 Å². The fourth-order valence-corrected chi connectivity index (χ4v) is 1.43. The minimum Gasteiger partial charge on any atom is -0.336 e. The van der Waals surface area contributed by atoms with Gasteiger partial charge < -0.3 is 5.32 Å². The summed E-state index contributed by atoms with van der Waals surface area (Å²) in [4.78, 5) is 12.2. The highest BCUT2D eigenvalue weighted by atomic mass is 19.2. The molecule has 1 aromatic rings. The second kappa shape index (κ2) is 3.45. The molecular formula is C9H7F3N2O. The zero-order chi connectivity index (χ0) is 11.0. The highest BCUT2D eigenvalue weighted by molar-refractivity contribution is 5.94. The van der Waals surface area contributed by atoms with Crippen molar-refractivity contribution in [3.63, 3.8) is 0 Å². The molecule has 1 saturated heterocycles. The number of nitrogens with one attached hydrogen (secondary N) is 1. The third kappa shape index (κ3) is 1.51. The summed E-state index contributed by atoms with van der Waals surface area (Å²) < 4.78 is 38.7. The summed E-state index contributed by atoms with van der Waals surface area (Å²) in [5, 5.41) is 2.43. The van der Waals surface area contributed by atoms with E-state index >= 15 is 0 Å². The predicted octanol–water partition coefficient (Wildman–Crippen LogP) is 1.63. The summed E-state index contributed by atoms with van der Waals surface area (Å²) in [6, 6.07) is 1.32. The van der Waals surface area contributed by atoms with Crippen LogP contribution >= 0.6 is 0 Å². The van der Waals surface area contributed by atoms with Crippen molar-refractivity contribution in [2.24, 2.45) is 0 Å². The maximum Gasteiger partial charge on any atom is 0.322 e. The fourth-order valence-electron chi connectivity index (χ4n) is 1.43. The van der Waals surface area contributed by atoms with E-state index in [1.165, 1.54) is 0 Å². The first-order chi connectivity index (χ1) is 7.11. The molecule has 2 rings (SSSR count). The van der Waals surface area contributed by atoms with E-state index in [0.717, 1.165) is 17.0 Å². The first kappa shape index (κ1) is 9.82. The molecule has 1 N–H and O–H groups in total. The molecule has 3 nitrogen and oxygen atoms in total. The van der Waals surface area contributed by atoms with E-state index in [1.807, 2.05) is 0 Å². The van der Waals surface area contributed by atoms with Gasteiger partial charge in [0.05, 0.1) is 5.69 Å². The molecule has 1 heterocycles. The van der Waals surface area contributed by atoms with Gasteiger partial charge in [-0.3, -0.25) is 4.90 Å². The number of amides is 2. The second-order valence-corrected chi connectivity index (χ2v) is 3.08. The van der Waals surface area contributed by atoms with Crippen LogP contribution in [0.1, 0.15) is 0 Å². The molecule has 0 saturated carbocycles. The van der Waals surface area contributed by atoms with Crippen LogP contribution in [0.3, 0.4) is 0 Å². The Morgan fingerprint density at radius 1 is 1.20 bits per heavy atom. The van der Waals surface area contributed by atoms with Crippen molar-refractivity contribution in [2.45, 2.75) is 0 Å². The van der Waals surface area contributed by atoms with Crippen molar-refractivity contribution in [3.05, 3.63) is 29.6 Å². The highest BCUT2D eigenvalue weighted by Gasteiger charge is 2.26. The van der Waals surface area contributed by atoms with Gasteiger partial charge >= 0.3 is 6.03 Å². The normalized spacial score (nSPS) is 15.7. The van der Waals surface area contributed by atoms with Crippen LogP contribution in [0, 0.1) is 17.5 Å². The van der Waals surface area contributed by atoms with E-state index in [4.69, 9.17) is 0 Å². The molecule has 0 aliphatic carbocycles. The van der Waals surface area contributed by atoms with Gasteiger partial charge in [-0.1, -0.05) is 0 Å². The summed E-state index contributed by atoms with van der Waals surface area (Å²) in [6.07, 6.45) is 0. The molecule has 2 amide bonds. The molecule has 80 valence electrons. The van der Waals surface area contributed by atoms with Gasteiger partial charge in [0.15, 0.2) is 17.5 Å². The van der Waals surface area contributed by atoms with E-state index in [2.05, 4.69) is 5.32 Å². The molecule has 0 bridgehead atoms. The molecule has 1 aliphatic rings. The average molecular weight is 216 g/mol. The van der Waals surface area contributed by atoms with Crippen LogP contribution < -0.4 is 10.2 Å². The monoisotopic (exact) mass is 216 g/mol. The molecule has 1 aromatic carbocycles. The predicted molar refractivity (Wildman–Crippen MR) is 47.1 cm³/mol. The summed E-state index contributed by atoms with van der Waals surface area (Å²) in [5.74, 6) is -4.17. The molecule has 6 heteroatoms. The van der Waals surface area contributed by atoms with E-state index in [-0.39, 0.29) is 12.2 Å². The molecule has 0 radical (unpaired) electrons. The molecule has 0 aromatic heterocycles. The number of halogens is 3. The summed E-state index contributed by atoms with van der Waals surface area (Å²) >= 11 is 0. The number of carbonyl (C=O) groups is 1. The number of nitrogens with zero attached hydrogens (tertiary/aromatic N) is 1. The third-order valence-electron chi connectivity index (χ3n) is 2.16. The lowest BCUT2D eigenvalue weighted by Crippen LogP contribution is -2.28. The number of anilines is 1. The van der Waals surface area contributed by atoms with Crippen molar-refractivity contribution in [1.82, 2.24) is 5.32 Å². The van der Waals surface area contributed by atoms with Crippen molar-refractivity contribution < 1.29 is 18.0 Å².